The van der Waals surface area contributed by atoms with Crippen LogP contribution in [-0.2, 0) is 0 Å². The highest BCUT2D eigenvalue weighted by atomic mass is 16.1. The average molecular weight is 363 g/mol. The Hall–Kier alpha value is -2.60. The number of piperidine rings is 3. The molecule has 1 atom stereocenters. The molecule has 3 aromatic rings. The largest absolute Gasteiger partial charge is 0.364 e. The summed E-state index contributed by atoms with van der Waals surface area (Å²) in [6.07, 6.45) is 2.41. The van der Waals surface area contributed by atoms with Gasteiger partial charge in [0.1, 0.15) is 0 Å². The molecule has 0 radical (unpaired) electrons. The molecule has 2 bridgehead atoms. The molecule has 3 aliphatic heterocycles. The predicted molar refractivity (Wildman–Crippen MR) is 105 cm³/mol. The first-order chi connectivity index (χ1) is 13.0. The van der Waals surface area contributed by atoms with Gasteiger partial charge in [0, 0.05) is 29.0 Å². The molecule has 6 rings (SSSR count). The van der Waals surface area contributed by atoms with Crippen LogP contribution in [0.15, 0.2) is 30.3 Å². The minimum Gasteiger partial charge on any atom is -0.364 e. The molecule has 2 aromatic heterocycles. The summed E-state index contributed by atoms with van der Waals surface area (Å²) in [5, 5.41) is 5.56. The molecule has 0 spiro atoms. The number of hydrogen-bond acceptors (Lipinski definition) is 3. The molecule has 3 fully saturated rings. The molecule has 27 heavy (non-hydrogen) atoms. The first-order valence-electron chi connectivity index (χ1n) is 9.72. The number of benzene rings is 1. The van der Waals surface area contributed by atoms with Crippen LogP contribution in [0, 0.1) is 19.8 Å². The fourth-order valence-electron chi connectivity index (χ4n) is 4.99. The van der Waals surface area contributed by atoms with Gasteiger partial charge in [-0.2, -0.15) is 5.10 Å². The van der Waals surface area contributed by atoms with Crippen molar-refractivity contribution in [2.24, 2.45) is 11.7 Å². The number of rotatable bonds is 3. The van der Waals surface area contributed by atoms with Gasteiger partial charge in [-0.1, -0.05) is 0 Å². The van der Waals surface area contributed by atoms with E-state index in [0.29, 0.717) is 17.7 Å². The summed E-state index contributed by atoms with van der Waals surface area (Å²) < 4.78 is 4.26. The Balaban J connectivity index is 1.67. The molecule has 6 nitrogen and oxygen atoms in total. The molecule has 6 heteroatoms. The summed E-state index contributed by atoms with van der Waals surface area (Å²) in [6, 6.07) is 10.8. The van der Waals surface area contributed by atoms with Crippen molar-refractivity contribution in [1.82, 2.24) is 19.2 Å². The molecule has 1 aromatic carbocycles. The number of aromatic nitrogens is 3. The van der Waals surface area contributed by atoms with Crippen LogP contribution in [0.1, 0.15) is 40.8 Å². The summed E-state index contributed by atoms with van der Waals surface area (Å²) in [5.41, 5.74) is 10.5. The molecule has 140 valence electrons. The Bertz CT molecular complexity index is 1020. The van der Waals surface area contributed by atoms with Crippen molar-refractivity contribution < 1.29 is 4.79 Å². The lowest BCUT2D eigenvalue weighted by molar-refractivity contribution is 0.0531. The summed E-state index contributed by atoms with van der Waals surface area (Å²) in [6.45, 7) is 7.54. The Labute approximate surface area is 158 Å². The second kappa shape index (κ2) is 5.96. The standard InChI is InChI=1S/C21H25N5O/c1-13-3-4-14(2)25(13)16-5-6-18-17(11-16)20(21(22)27)23-26(18)19-12-24-9-7-15(19)8-10-24/h3-6,11,15,19H,7-10,12H2,1-2H3,(H2,22,27)/t19-/m1/s1. The van der Waals surface area contributed by atoms with Crippen LogP contribution in [0.25, 0.3) is 16.6 Å². The van der Waals surface area contributed by atoms with Gasteiger partial charge in [0.2, 0.25) is 0 Å². The number of nitrogens with zero attached hydrogens (tertiary/aromatic N) is 4. The first-order valence-corrected chi connectivity index (χ1v) is 9.72. The maximum absolute atomic E-state index is 12.1. The smallest absolute Gasteiger partial charge is 0.269 e. The van der Waals surface area contributed by atoms with Gasteiger partial charge in [-0.3, -0.25) is 9.48 Å². The third-order valence-corrected chi connectivity index (χ3v) is 6.39. The molecule has 3 saturated heterocycles. The van der Waals surface area contributed by atoms with Crippen LogP contribution in [0.5, 0.6) is 0 Å². The van der Waals surface area contributed by atoms with E-state index in [1.165, 1.54) is 25.9 Å². The second-order valence-electron chi connectivity index (χ2n) is 8.02. The van der Waals surface area contributed by atoms with E-state index in [-0.39, 0.29) is 0 Å². The Morgan fingerprint density at radius 1 is 1.11 bits per heavy atom. The highest BCUT2D eigenvalue weighted by molar-refractivity contribution is 6.04. The Kier molecular flexibility index (Phi) is 3.65. The number of amides is 1. The highest BCUT2D eigenvalue weighted by Gasteiger charge is 2.37. The quantitative estimate of drug-likeness (QED) is 0.778. The van der Waals surface area contributed by atoms with Gasteiger partial charge in [0.15, 0.2) is 5.69 Å². The summed E-state index contributed by atoms with van der Waals surface area (Å²) in [4.78, 5) is 14.6. The van der Waals surface area contributed by atoms with Crippen LogP contribution in [0.3, 0.4) is 0 Å². The van der Waals surface area contributed by atoms with Crippen LogP contribution < -0.4 is 5.73 Å². The van der Waals surface area contributed by atoms with Gasteiger partial charge in [-0.15, -0.1) is 0 Å². The molecule has 0 saturated carbocycles. The van der Waals surface area contributed by atoms with Crippen LogP contribution >= 0.6 is 0 Å². The third kappa shape index (κ3) is 2.51. The SMILES string of the molecule is Cc1ccc(C)n1-c1ccc2c(c1)c(C(N)=O)nn2[C@@H]1CN2CCC1CC2. The summed E-state index contributed by atoms with van der Waals surface area (Å²) in [7, 11) is 0. The summed E-state index contributed by atoms with van der Waals surface area (Å²) in [5.74, 6) is 0.172. The van der Waals surface area contributed by atoms with Crippen molar-refractivity contribution in [3.05, 3.63) is 47.4 Å². The molecular formula is C21H25N5O. The highest BCUT2D eigenvalue weighted by Crippen LogP contribution is 2.37. The molecule has 0 unspecified atom stereocenters. The Morgan fingerprint density at radius 2 is 1.81 bits per heavy atom. The number of aryl methyl sites for hydroxylation is 2. The zero-order chi connectivity index (χ0) is 18.7. The van der Waals surface area contributed by atoms with Crippen molar-refractivity contribution in [2.45, 2.75) is 32.7 Å². The van der Waals surface area contributed by atoms with Crippen LogP contribution in [0.4, 0.5) is 0 Å². The topological polar surface area (TPSA) is 69.1 Å². The summed E-state index contributed by atoms with van der Waals surface area (Å²) >= 11 is 0. The van der Waals surface area contributed by atoms with Gasteiger partial charge in [0.25, 0.3) is 5.91 Å². The fourth-order valence-corrected chi connectivity index (χ4v) is 4.99. The van der Waals surface area contributed by atoms with Crippen LogP contribution in [-0.4, -0.2) is 44.8 Å². The lowest BCUT2D eigenvalue weighted by Gasteiger charge is -2.44. The van der Waals surface area contributed by atoms with Crippen molar-refractivity contribution in [2.75, 3.05) is 19.6 Å². The lowest BCUT2D eigenvalue weighted by atomic mass is 9.84. The molecule has 0 aliphatic carbocycles. The van der Waals surface area contributed by atoms with E-state index in [9.17, 15) is 4.79 Å². The first kappa shape index (κ1) is 16.6. The normalized spacial score (nSPS) is 24.6. The molecule has 1 amide bonds. The number of nitrogens with two attached hydrogens (primary N) is 1. The number of primary amides is 1. The molecule has 5 heterocycles. The predicted octanol–water partition coefficient (Wildman–Crippen LogP) is 2.81. The Morgan fingerprint density at radius 3 is 2.41 bits per heavy atom. The van der Waals surface area contributed by atoms with Gasteiger partial charge in [-0.05, 0) is 76.0 Å². The minimum atomic E-state index is -0.460. The number of hydrogen-bond donors (Lipinski definition) is 1. The maximum atomic E-state index is 12.1. The third-order valence-electron chi connectivity index (χ3n) is 6.39. The van der Waals surface area contributed by atoms with E-state index in [0.717, 1.165) is 34.5 Å². The van der Waals surface area contributed by atoms with Gasteiger partial charge in [-0.25, -0.2) is 0 Å². The van der Waals surface area contributed by atoms with E-state index in [1.54, 1.807) is 0 Å². The average Bonchev–Trinajstić information content (AvgIpc) is 3.22. The van der Waals surface area contributed by atoms with Gasteiger partial charge in [0.05, 0.1) is 11.6 Å². The minimum absolute atomic E-state index is 0.323. The van der Waals surface area contributed by atoms with Crippen LogP contribution in [0.2, 0.25) is 0 Å². The lowest BCUT2D eigenvalue weighted by Crippen LogP contribution is -2.48. The maximum Gasteiger partial charge on any atom is 0.269 e. The fraction of sp³-hybridized carbons (Fsp3) is 0.429. The van der Waals surface area contributed by atoms with E-state index < -0.39 is 5.91 Å². The number of fused-ring (bicyclic) bond motifs is 4. The van der Waals surface area contributed by atoms with E-state index >= 15 is 0 Å². The number of carbonyl (C=O) groups is 1. The molecule has 2 N–H and O–H groups in total. The van der Waals surface area contributed by atoms with E-state index in [4.69, 9.17) is 10.8 Å². The van der Waals surface area contributed by atoms with Crippen molar-refractivity contribution >= 4 is 16.8 Å². The molecular weight excluding hydrogens is 338 g/mol. The monoisotopic (exact) mass is 363 g/mol. The second-order valence-corrected chi connectivity index (χ2v) is 8.02. The number of carbonyl (C=O) groups excluding carboxylic acids is 1. The van der Waals surface area contributed by atoms with Gasteiger partial charge < -0.3 is 15.2 Å². The zero-order valence-corrected chi connectivity index (χ0v) is 15.9. The van der Waals surface area contributed by atoms with Gasteiger partial charge >= 0.3 is 0 Å². The van der Waals surface area contributed by atoms with Crippen molar-refractivity contribution in [1.29, 1.82) is 0 Å². The molecule has 3 aliphatic rings. The van der Waals surface area contributed by atoms with Crippen molar-refractivity contribution in [3.63, 3.8) is 0 Å². The van der Waals surface area contributed by atoms with Crippen molar-refractivity contribution in [3.8, 4) is 5.69 Å². The van der Waals surface area contributed by atoms with E-state index in [1.807, 2.05) is 0 Å². The van der Waals surface area contributed by atoms with E-state index in [2.05, 4.69) is 58.3 Å². The zero-order valence-electron chi connectivity index (χ0n) is 15.9.